The van der Waals surface area contributed by atoms with E-state index in [2.05, 4.69) is 26.3 Å². The topological polar surface area (TPSA) is 108 Å². The van der Waals surface area contributed by atoms with Crippen LogP contribution in [0.1, 0.15) is 0 Å². The Hall–Kier alpha value is -1.45. The number of halogens is 1. The van der Waals surface area contributed by atoms with Crippen LogP contribution in [0.15, 0.2) is 15.5 Å². The fraction of sp³-hybridized carbons (Fsp3) is 0.545. The van der Waals surface area contributed by atoms with Crippen molar-refractivity contribution in [2.75, 3.05) is 38.8 Å². The molecule has 0 spiro atoms. The maximum absolute atomic E-state index is 11.9. The predicted molar refractivity (Wildman–Crippen MR) is 76.6 cm³/mol. The second-order valence-electron chi connectivity index (χ2n) is 3.84. The molecule has 0 aliphatic carbocycles. The molecule has 0 aliphatic rings. The molecular formula is C11H17BrN4O4. The number of anilines is 1. The minimum Gasteiger partial charge on any atom is -0.383 e. The van der Waals surface area contributed by atoms with Crippen LogP contribution in [-0.4, -0.2) is 49.2 Å². The monoisotopic (exact) mass is 348 g/mol. The van der Waals surface area contributed by atoms with Crippen LogP contribution in [0.4, 0.5) is 5.69 Å². The maximum Gasteiger partial charge on any atom is 0.283 e. The number of nitrogens with zero attached hydrogens (tertiary/aromatic N) is 2. The lowest BCUT2D eigenvalue weighted by Gasteiger charge is -2.10. The third-order valence-electron chi connectivity index (χ3n) is 2.30. The number of methoxy groups -OCH3 is 1. The lowest BCUT2D eigenvalue weighted by molar-refractivity contribution is -0.122. The summed E-state index contributed by atoms with van der Waals surface area (Å²) in [5.74, 6) is -0.520. The molecule has 0 atom stereocenters. The summed E-state index contributed by atoms with van der Waals surface area (Å²) in [5.41, 5.74) is 5.25. The Morgan fingerprint density at radius 3 is 2.95 bits per heavy atom. The molecule has 0 fully saturated rings. The van der Waals surface area contributed by atoms with Gasteiger partial charge < -0.3 is 20.5 Å². The molecule has 112 valence electrons. The number of nitrogens with two attached hydrogens (primary N) is 1. The zero-order valence-corrected chi connectivity index (χ0v) is 12.7. The van der Waals surface area contributed by atoms with Crippen molar-refractivity contribution in [3.63, 3.8) is 0 Å². The SMILES string of the molecule is COCCn1ncc(NCCOCC(N)=O)c(Br)c1=O. The molecular weight excluding hydrogens is 332 g/mol. The first kappa shape index (κ1) is 16.6. The molecule has 0 saturated heterocycles. The van der Waals surface area contributed by atoms with Crippen LogP contribution >= 0.6 is 15.9 Å². The quantitative estimate of drug-likeness (QED) is 0.586. The van der Waals surface area contributed by atoms with Crippen LogP contribution in [0, 0.1) is 0 Å². The van der Waals surface area contributed by atoms with Gasteiger partial charge in [0, 0.05) is 13.7 Å². The molecule has 0 aromatic carbocycles. The van der Waals surface area contributed by atoms with Crippen LogP contribution in [-0.2, 0) is 20.8 Å². The molecule has 1 rings (SSSR count). The van der Waals surface area contributed by atoms with Gasteiger partial charge in [0.1, 0.15) is 11.1 Å². The standard InChI is InChI=1S/C11H17BrN4O4/c1-19-5-3-16-11(18)10(12)8(6-15-16)14-2-4-20-7-9(13)17/h6,14H,2-5,7H2,1H3,(H2,13,17). The third kappa shape index (κ3) is 5.27. The van der Waals surface area contributed by atoms with E-state index in [0.29, 0.717) is 36.5 Å². The van der Waals surface area contributed by atoms with Gasteiger partial charge in [-0.25, -0.2) is 4.68 Å². The zero-order chi connectivity index (χ0) is 15.0. The van der Waals surface area contributed by atoms with E-state index < -0.39 is 5.91 Å². The Labute approximate surface area is 124 Å². The second-order valence-corrected chi connectivity index (χ2v) is 4.63. The molecule has 1 aromatic heterocycles. The van der Waals surface area contributed by atoms with Gasteiger partial charge in [0.15, 0.2) is 0 Å². The molecule has 1 amide bonds. The van der Waals surface area contributed by atoms with Crippen molar-refractivity contribution in [2.24, 2.45) is 5.73 Å². The van der Waals surface area contributed by atoms with E-state index in [-0.39, 0.29) is 12.2 Å². The lowest BCUT2D eigenvalue weighted by atomic mass is 10.4. The molecule has 20 heavy (non-hydrogen) atoms. The summed E-state index contributed by atoms with van der Waals surface area (Å²) in [6.45, 7) is 1.39. The number of rotatable bonds is 9. The summed E-state index contributed by atoms with van der Waals surface area (Å²) in [6, 6.07) is 0. The molecule has 0 unspecified atom stereocenters. The molecule has 3 N–H and O–H groups in total. The molecule has 1 aromatic rings. The highest BCUT2D eigenvalue weighted by molar-refractivity contribution is 9.10. The van der Waals surface area contributed by atoms with Crippen molar-refractivity contribution >= 4 is 27.5 Å². The van der Waals surface area contributed by atoms with Gasteiger partial charge in [-0.1, -0.05) is 0 Å². The average molecular weight is 349 g/mol. The summed E-state index contributed by atoms with van der Waals surface area (Å²) in [4.78, 5) is 22.4. The van der Waals surface area contributed by atoms with Crippen LogP contribution in [0.3, 0.4) is 0 Å². The molecule has 0 bridgehead atoms. The largest absolute Gasteiger partial charge is 0.383 e. The Morgan fingerprint density at radius 1 is 1.55 bits per heavy atom. The number of aromatic nitrogens is 2. The average Bonchev–Trinajstić information content (AvgIpc) is 2.41. The molecule has 0 radical (unpaired) electrons. The first-order valence-electron chi connectivity index (χ1n) is 5.90. The van der Waals surface area contributed by atoms with E-state index in [4.69, 9.17) is 15.2 Å². The van der Waals surface area contributed by atoms with Crippen molar-refractivity contribution in [2.45, 2.75) is 6.54 Å². The first-order valence-corrected chi connectivity index (χ1v) is 6.70. The van der Waals surface area contributed by atoms with Gasteiger partial charge in [-0.2, -0.15) is 5.10 Å². The Balaban J connectivity index is 2.53. The number of primary amides is 1. The number of amides is 1. The fourth-order valence-electron chi connectivity index (χ4n) is 1.36. The number of nitrogens with one attached hydrogen (secondary N) is 1. The third-order valence-corrected chi connectivity index (χ3v) is 3.06. The van der Waals surface area contributed by atoms with Gasteiger partial charge >= 0.3 is 0 Å². The van der Waals surface area contributed by atoms with E-state index >= 15 is 0 Å². The van der Waals surface area contributed by atoms with E-state index in [0.717, 1.165) is 0 Å². The van der Waals surface area contributed by atoms with Gasteiger partial charge in [0.25, 0.3) is 5.56 Å². The Morgan fingerprint density at radius 2 is 2.30 bits per heavy atom. The summed E-state index contributed by atoms with van der Waals surface area (Å²) < 4.78 is 11.6. The molecule has 0 aliphatic heterocycles. The first-order chi connectivity index (χ1) is 9.56. The predicted octanol–water partition coefficient (Wildman–Crippen LogP) is -0.434. The highest BCUT2D eigenvalue weighted by Gasteiger charge is 2.08. The van der Waals surface area contributed by atoms with Gasteiger partial charge in [0.05, 0.1) is 31.6 Å². The number of hydrogen-bond acceptors (Lipinski definition) is 6. The molecule has 1 heterocycles. The smallest absolute Gasteiger partial charge is 0.283 e. The molecule has 0 saturated carbocycles. The zero-order valence-electron chi connectivity index (χ0n) is 11.1. The van der Waals surface area contributed by atoms with Crippen molar-refractivity contribution in [3.05, 3.63) is 21.0 Å². The Kier molecular flexibility index (Phi) is 7.20. The highest BCUT2D eigenvalue weighted by Crippen LogP contribution is 2.15. The number of carbonyl (C=O) groups is 1. The number of hydrogen-bond donors (Lipinski definition) is 2. The van der Waals surface area contributed by atoms with Gasteiger partial charge in [-0.15, -0.1) is 0 Å². The number of carbonyl (C=O) groups excluding carboxylic acids is 1. The van der Waals surface area contributed by atoms with Crippen LogP contribution < -0.4 is 16.6 Å². The van der Waals surface area contributed by atoms with Gasteiger partial charge in [0.2, 0.25) is 5.91 Å². The highest BCUT2D eigenvalue weighted by atomic mass is 79.9. The van der Waals surface area contributed by atoms with E-state index in [1.807, 2.05) is 0 Å². The van der Waals surface area contributed by atoms with Crippen molar-refractivity contribution in [3.8, 4) is 0 Å². The maximum atomic E-state index is 11.9. The number of ether oxygens (including phenoxy) is 2. The summed E-state index contributed by atoms with van der Waals surface area (Å²) >= 11 is 3.22. The minimum atomic E-state index is -0.520. The van der Waals surface area contributed by atoms with E-state index in [1.165, 1.54) is 10.9 Å². The molecule has 9 heteroatoms. The van der Waals surface area contributed by atoms with Gasteiger partial charge in [-0.05, 0) is 15.9 Å². The second kappa shape index (κ2) is 8.67. The normalized spacial score (nSPS) is 10.5. The van der Waals surface area contributed by atoms with Crippen LogP contribution in [0.2, 0.25) is 0 Å². The van der Waals surface area contributed by atoms with E-state index in [9.17, 15) is 9.59 Å². The lowest BCUT2D eigenvalue weighted by Crippen LogP contribution is -2.26. The van der Waals surface area contributed by atoms with Crippen LogP contribution in [0.5, 0.6) is 0 Å². The molecule has 8 nitrogen and oxygen atoms in total. The minimum absolute atomic E-state index is 0.125. The van der Waals surface area contributed by atoms with Gasteiger partial charge in [-0.3, -0.25) is 9.59 Å². The van der Waals surface area contributed by atoms with Crippen molar-refractivity contribution in [1.29, 1.82) is 0 Å². The van der Waals surface area contributed by atoms with Crippen molar-refractivity contribution in [1.82, 2.24) is 9.78 Å². The summed E-state index contributed by atoms with van der Waals surface area (Å²) in [5, 5.41) is 7.00. The summed E-state index contributed by atoms with van der Waals surface area (Å²) in [6.07, 6.45) is 1.54. The summed E-state index contributed by atoms with van der Waals surface area (Å²) in [7, 11) is 1.56. The fourth-order valence-corrected chi connectivity index (χ4v) is 1.80. The van der Waals surface area contributed by atoms with E-state index in [1.54, 1.807) is 7.11 Å². The van der Waals surface area contributed by atoms with Crippen molar-refractivity contribution < 1.29 is 14.3 Å². The van der Waals surface area contributed by atoms with Crippen LogP contribution in [0.25, 0.3) is 0 Å². The Bertz CT molecular complexity index is 506.